The number of anilines is 1. The van der Waals surface area contributed by atoms with Gasteiger partial charge < -0.3 is 15.8 Å². The lowest BCUT2D eigenvalue weighted by Gasteiger charge is -2.19. The van der Waals surface area contributed by atoms with Gasteiger partial charge in [-0.1, -0.05) is 18.0 Å². The molecule has 0 unspecified atom stereocenters. The van der Waals surface area contributed by atoms with E-state index in [1.54, 1.807) is 6.07 Å². The summed E-state index contributed by atoms with van der Waals surface area (Å²) in [6.45, 7) is 4.62. The van der Waals surface area contributed by atoms with Crippen LogP contribution in [-0.4, -0.2) is 30.8 Å². The number of hydrogen-bond donors (Lipinski definition) is 2. The van der Waals surface area contributed by atoms with Crippen molar-refractivity contribution in [3.63, 3.8) is 0 Å². The van der Waals surface area contributed by atoms with Crippen molar-refractivity contribution in [3.8, 4) is 0 Å². The number of pyridine rings is 1. The van der Waals surface area contributed by atoms with Crippen molar-refractivity contribution in [2.45, 2.75) is 45.1 Å². The summed E-state index contributed by atoms with van der Waals surface area (Å²) in [7, 11) is 0. The first-order valence-electron chi connectivity index (χ1n) is 10.00. The topological polar surface area (TPSA) is 60.2 Å². The first kappa shape index (κ1) is 21.0. The van der Waals surface area contributed by atoms with Crippen molar-refractivity contribution in [1.29, 1.82) is 0 Å². The van der Waals surface area contributed by atoms with Gasteiger partial charge in [-0.25, -0.2) is 9.37 Å². The SMILES string of the molecule is Cc1cc(N)nc(C[C@@H]2CNC[C@@H]2OCCCCCc2cc(F)cc(Cl)c2)c1. The lowest BCUT2D eigenvalue weighted by atomic mass is 9.99. The zero-order chi connectivity index (χ0) is 19.9. The molecule has 0 spiro atoms. The molecule has 1 aromatic heterocycles. The average Bonchev–Trinajstić information content (AvgIpc) is 3.03. The Kier molecular flexibility index (Phi) is 7.65. The Morgan fingerprint density at radius 2 is 2.04 bits per heavy atom. The normalized spacial score (nSPS) is 19.2. The number of nitrogens with one attached hydrogen (secondary N) is 1. The Morgan fingerprint density at radius 1 is 1.18 bits per heavy atom. The number of unbranched alkanes of at least 4 members (excludes halogenated alkanes) is 2. The second-order valence-corrected chi connectivity index (χ2v) is 8.12. The fourth-order valence-corrected chi connectivity index (χ4v) is 4.09. The number of aromatic nitrogens is 1. The molecule has 28 heavy (non-hydrogen) atoms. The predicted octanol–water partition coefficient (Wildman–Crippen LogP) is 4.32. The molecule has 2 aromatic rings. The summed E-state index contributed by atoms with van der Waals surface area (Å²) in [6.07, 6.45) is 4.99. The monoisotopic (exact) mass is 405 g/mol. The number of hydrogen-bond acceptors (Lipinski definition) is 4. The van der Waals surface area contributed by atoms with E-state index in [0.29, 0.717) is 16.8 Å². The Morgan fingerprint density at radius 3 is 2.82 bits per heavy atom. The van der Waals surface area contributed by atoms with Gasteiger partial charge in [0.15, 0.2) is 0 Å². The minimum absolute atomic E-state index is 0.213. The molecule has 0 saturated carbocycles. The summed E-state index contributed by atoms with van der Waals surface area (Å²) in [5, 5.41) is 3.89. The predicted molar refractivity (Wildman–Crippen MR) is 112 cm³/mol. The van der Waals surface area contributed by atoms with E-state index < -0.39 is 0 Å². The van der Waals surface area contributed by atoms with Gasteiger partial charge in [0.25, 0.3) is 0 Å². The minimum atomic E-state index is -0.268. The quantitative estimate of drug-likeness (QED) is 0.610. The van der Waals surface area contributed by atoms with E-state index in [4.69, 9.17) is 22.1 Å². The molecule has 0 radical (unpaired) electrons. The van der Waals surface area contributed by atoms with Crippen LogP contribution in [0.4, 0.5) is 10.2 Å². The molecule has 2 atom stereocenters. The zero-order valence-corrected chi connectivity index (χ0v) is 17.1. The zero-order valence-electron chi connectivity index (χ0n) is 16.4. The molecule has 3 rings (SSSR count). The van der Waals surface area contributed by atoms with E-state index in [1.807, 2.05) is 19.1 Å². The van der Waals surface area contributed by atoms with Crippen LogP contribution in [0.3, 0.4) is 0 Å². The van der Waals surface area contributed by atoms with Crippen molar-refractivity contribution in [3.05, 3.63) is 58.0 Å². The smallest absolute Gasteiger partial charge is 0.124 e. The Bertz CT molecular complexity index is 746. The van der Waals surface area contributed by atoms with E-state index in [1.165, 1.54) is 6.07 Å². The van der Waals surface area contributed by atoms with Crippen LogP contribution in [0.25, 0.3) is 0 Å². The van der Waals surface area contributed by atoms with Gasteiger partial charge in [-0.05, 0) is 74.1 Å². The van der Waals surface area contributed by atoms with Gasteiger partial charge in [0, 0.05) is 36.3 Å². The second kappa shape index (κ2) is 10.2. The number of aryl methyl sites for hydroxylation is 2. The third-order valence-corrected chi connectivity index (χ3v) is 5.37. The van der Waals surface area contributed by atoms with Gasteiger partial charge in [0.1, 0.15) is 11.6 Å². The number of halogens is 2. The summed E-state index contributed by atoms with van der Waals surface area (Å²) in [6, 6.07) is 8.73. The lowest BCUT2D eigenvalue weighted by Crippen LogP contribution is -2.25. The number of nitrogens with zero attached hydrogens (tertiary/aromatic N) is 1. The number of nitrogens with two attached hydrogens (primary N) is 1. The molecule has 1 aliphatic rings. The molecular formula is C22H29ClFN3O. The van der Waals surface area contributed by atoms with E-state index in [2.05, 4.69) is 16.4 Å². The summed E-state index contributed by atoms with van der Waals surface area (Å²) in [5.74, 6) is 0.733. The number of benzene rings is 1. The van der Waals surface area contributed by atoms with Crippen molar-refractivity contribution in [1.82, 2.24) is 10.3 Å². The Hall–Kier alpha value is -1.69. The van der Waals surface area contributed by atoms with Crippen molar-refractivity contribution < 1.29 is 9.13 Å². The third-order valence-electron chi connectivity index (χ3n) is 5.16. The van der Waals surface area contributed by atoms with E-state index in [0.717, 1.165) is 68.6 Å². The highest BCUT2D eigenvalue weighted by Gasteiger charge is 2.28. The molecule has 0 aliphatic carbocycles. The van der Waals surface area contributed by atoms with Crippen molar-refractivity contribution >= 4 is 17.4 Å². The maximum absolute atomic E-state index is 13.3. The molecule has 4 nitrogen and oxygen atoms in total. The number of nitrogen functional groups attached to an aromatic ring is 1. The van der Waals surface area contributed by atoms with E-state index in [9.17, 15) is 4.39 Å². The molecular weight excluding hydrogens is 377 g/mol. The molecule has 1 saturated heterocycles. The largest absolute Gasteiger partial charge is 0.384 e. The van der Waals surface area contributed by atoms with Gasteiger partial charge in [-0.2, -0.15) is 0 Å². The molecule has 1 aromatic carbocycles. The van der Waals surface area contributed by atoms with Crippen LogP contribution in [0.5, 0.6) is 0 Å². The van der Waals surface area contributed by atoms with Gasteiger partial charge >= 0.3 is 0 Å². The van der Waals surface area contributed by atoms with Crippen LogP contribution in [0, 0.1) is 18.7 Å². The summed E-state index contributed by atoms with van der Waals surface area (Å²) in [5.41, 5.74) is 9.00. The van der Waals surface area contributed by atoms with E-state index >= 15 is 0 Å². The fourth-order valence-electron chi connectivity index (χ4n) is 3.85. The van der Waals surface area contributed by atoms with Gasteiger partial charge in [-0.3, -0.25) is 0 Å². The van der Waals surface area contributed by atoms with Crippen LogP contribution in [0.1, 0.15) is 36.1 Å². The molecule has 3 N–H and O–H groups in total. The number of ether oxygens (including phenoxy) is 1. The van der Waals surface area contributed by atoms with Crippen LogP contribution < -0.4 is 11.1 Å². The average molecular weight is 406 g/mol. The van der Waals surface area contributed by atoms with Crippen LogP contribution in [0.15, 0.2) is 30.3 Å². The summed E-state index contributed by atoms with van der Waals surface area (Å²) < 4.78 is 19.5. The Labute approximate surface area is 171 Å². The Balaban J connectivity index is 1.37. The molecule has 2 heterocycles. The van der Waals surface area contributed by atoms with E-state index in [-0.39, 0.29) is 11.9 Å². The first-order chi connectivity index (χ1) is 13.5. The minimum Gasteiger partial charge on any atom is -0.384 e. The highest BCUT2D eigenvalue weighted by Crippen LogP contribution is 2.20. The lowest BCUT2D eigenvalue weighted by molar-refractivity contribution is 0.0354. The third kappa shape index (κ3) is 6.43. The molecule has 0 bridgehead atoms. The van der Waals surface area contributed by atoms with Crippen molar-refractivity contribution in [2.75, 3.05) is 25.4 Å². The number of rotatable bonds is 9. The van der Waals surface area contributed by atoms with Crippen LogP contribution >= 0.6 is 11.6 Å². The molecule has 6 heteroatoms. The van der Waals surface area contributed by atoms with Gasteiger partial charge in [0.2, 0.25) is 0 Å². The summed E-state index contributed by atoms with van der Waals surface area (Å²) in [4.78, 5) is 4.45. The van der Waals surface area contributed by atoms with Gasteiger partial charge in [-0.15, -0.1) is 0 Å². The maximum Gasteiger partial charge on any atom is 0.124 e. The highest BCUT2D eigenvalue weighted by atomic mass is 35.5. The van der Waals surface area contributed by atoms with Crippen LogP contribution in [0.2, 0.25) is 5.02 Å². The molecule has 1 aliphatic heterocycles. The fraction of sp³-hybridized carbons (Fsp3) is 0.500. The molecule has 1 fully saturated rings. The highest BCUT2D eigenvalue weighted by molar-refractivity contribution is 6.30. The molecule has 0 amide bonds. The van der Waals surface area contributed by atoms with Crippen LogP contribution in [-0.2, 0) is 17.6 Å². The summed E-state index contributed by atoms with van der Waals surface area (Å²) >= 11 is 5.90. The van der Waals surface area contributed by atoms with Crippen molar-refractivity contribution in [2.24, 2.45) is 5.92 Å². The van der Waals surface area contributed by atoms with Gasteiger partial charge in [0.05, 0.1) is 6.10 Å². The first-order valence-corrected chi connectivity index (χ1v) is 10.4. The standard InChI is InChI=1S/C22H29ClFN3O/c1-15-7-20(27-22(25)8-15)11-17-13-26-14-21(17)28-6-4-2-3-5-16-9-18(23)12-19(24)10-16/h7-10,12,17,21,26H,2-6,11,13-14H2,1H3,(H2,25,27)/t17-,21+/m1/s1. The second-order valence-electron chi connectivity index (χ2n) is 7.68. The molecule has 152 valence electrons. The maximum atomic E-state index is 13.3.